The summed E-state index contributed by atoms with van der Waals surface area (Å²) in [4.78, 5) is 4.69. The normalized spacial score (nSPS) is 20.1. The molecular weight excluding hydrogens is 362 g/mol. The maximum Gasteiger partial charge on any atom is 0.0702 e. The van der Waals surface area contributed by atoms with Crippen LogP contribution in [0.15, 0.2) is 55.3 Å². The van der Waals surface area contributed by atoms with Crippen molar-refractivity contribution in [1.29, 1.82) is 0 Å². The van der Waals surface area contributed by atoms with Crippen LogP contribution in [-0.4, -0.2) is 4.98 Å². The highest BCUT2D eigenvalue weighted by atomic mass is 14.7. The highest BCUT2D eigenvalue weighted by Gasteiger charge is 2.27. The molecule has 1 aliphatic carbocycles. The Kier molecular flexibility index (Phi) is 9.18. The van der Waals surface area contributed by atoms with E-state index in [-0.39, 0.29) is 0 Å². The Morgan fingerprint density at radius 1 is 0.967 bits per heavy atom. The molecule has 0 radical (unpaired) electrons. The Morgan fingerprint density at radius 3 is 2.33 bits per heavy atom. The first-order valence-electron chi connectivity index (χ1n) is 12.4. The largest absolute Gasteiger partial charge is 0.256 e. The van der Waals surface area contributed by atoms with Gasteiger partial charge in [-0.15, -0.1) is 6.58 Å². The van der Waals surface area contributed by atoms with Crippen LogP contribution in [0.2, 0.25) is 0 Å². The molecule has 1 saturated carbocycles. The molecule has 1 aliphatic rings. The van der Waals surface area contributed by atoms with Crippen molar-refractivity contribution >= 4 is 0 Å². The van der Waals surface area contributed by atoms with E-state index in [2.05, 4.69) is 62.9 Å². The number of pyridine rings is 1. The molecule has 0 N–H and O–H groups in total. The average Bonchev–Trinajstić information content (AvgIpc) is 2.79. The number of benzene rings is 1. The summed E-state index contributed by atoms with van der Waals surface area (Å²) in [5.74, 6) is 2.40. The molecule has 0 saturated heterocycles. The van der Waals surface area contributed by atoms with Crippen LogP contribution in [0.25, 0.3) is 11.3 Å². The van der Waals surface area contributed by atoms with Gasteiger partial charge in [-0.3, -0.25) is 4.98 Å². The van der Waals surface area contributed by atoms with Gasteiger partial charge in [0.25, 0.3) is 0 Å². The number of unbranched alkanes of at least 4 members (excludes halogenated alkanes) is 2. The molecule has 1 heterocycles. The van der Waals surface area contributed by atoms with Crippen molar-refractivity contribution in [3.8, 4) is 11.3 Å². The Labute approximate surface area is 185 Å². The Bertz CT molecular complexity index is 735. The smallest absolute Gasteiger partial charge is 0.0702 e. The van der Waals surface area contributed by atoms with Crippen LogP contribution >= 0.6 is 0 Å². The van der Waals surface area contributed by atoms with E-state index in [1.807, 2.05) is 6.20 Å². The molecule has 2 aromatic rings. The molecule has 1 fully saturated rings. The number of nitrogens with zero attached hydrogens (tertiary/aromatic N) is 1. The molecule has 0 amide bonds. The molecule has 30 heavy (non-hydrogen) atoms. The number of aryl methyl sites for hydroxylation is 1. The zero-order valence-corrected chi connectivity index (χ0v) is 19.3. The standard InChI is InChI=1S/C29H41N/c1-4-7-8-11-23-12-15-25(16-13-23)28(10-6-3)26-17-19-27(20-18-26)29-21-14-24(9-5-2)22-30-29/h6,14,17-23,25,28H,3-5,7-13,15-16H2,1-2H3. The monoisotopic (exact) mass is 403 g/mol. The lowest BCUT2D eigenvalue weighted by atomic mass is 9.71. The van der Waals surface area contributed by atoms with E-state index in [4.69, 9.17) is 4.98 Å². The van der Waals surface area contributed by atoms with Gasteiger partial charge >= 0.3 is 0 Å². The van der Waals surface area contributed by atoms with Gasteiger partial charge in [-0.1, -0.05) is 95.2 Å². The number of allylic oxidation sites excluding steroid dienone is 1. The molecule has 3 rings (SSSR count). The quantitative estimate of drug-likeness (QED) is 0.270. The van der Waals surface area contributed by atoms with Gasteiger partial charge in [0.15, 0.2) is 0 Å². The predicted molar refractivity (Wildman–Crippen MR) is 131 cm³/mol. The Morgan fingerprint density at radius 2 is 1.73 bits per heavy atom. The van der Waals surface area contributed by atoms with Crippen molar-refractivity contribution in [2.24, 2.45) is 11.8 Å². The van der Waals surface area contributed by atoms with Crippen molar-refractivity contribution in [1.82, 2.24) is 4.98 Å². The zero-order chi connectivity index (χ0) is 21.2. The van der Waals surface area contributed by atoms with E-state index in [0.29, 0.717) is 5.92 Å². The second-order valence-electron chi connectivity index (χ2n) is 9.33. The van der Waals surface area contributed by atoms with Crippen molar-refractivity contribution in [3.63, 3.8) is 0 Å². The Hall–Kier alpha value is -1.89. The van der Waals surface area contributed by atoms with Crippen molar-refractivity contribution in [2.75, 3.05) is 0 Å². The molecular formula is C29H41N. The summed E-state index contributed by atoms with van der Waals surface area (Å²) in [6.07, 6.45) is 18.8. The van der Waals surface area contributed by atoms with Gasteiger partial charge < -0.3 is 0 Å². The first-order valence-corrected chi connectivity index (χ1v) is 12.4. The van der Waals surface area contributed by atoms with Crippen molar-refractivity contribution < 1.29 is 0 Å². The van der Waals surface area contributed by atoms with Crippen LogP contribution in [0.3, 0.4) is 0 Å². The third kappa shape index (κ3) is 6.30. The lowest BCUT2D eigenvalue weighted by molar-refractivity contribution is 0.230. The summed E-state index contributed by atoms with van der Waals surface area (Å²) in [7, 11) is 0. The van der Waals surface area contributed by atoms with Crippen molar-refractivity contribution in [3.05, 3.63) is 66.4 Å². The Balaban J connectivity index is 1.63. The van der Waals surface area contributed by atoms with Gasteiger partial charge in [-0.2, -0.15) is 0 Å². The zero-order valence-electron chi connectivity index (χ0n) is 19.3. The third-order valence-electron chi connectivity index (χ3n) is 7.09. The fourth-order valence-corrected chi connectivity index (χ4v) is 5.28. The van der Waals surface area contributed by atoms with E-state index in [1.54, 1.807) is 0 Å². The summed E-state index contributed by atoms with van der Waals surface area (Å²) in [6, 6.07) is 13.6. The molecule has 1 unspecified atom stereocenters. The lowest BCUT2D eigenvalue weighted by Gasteiger charge is -2.34. The van der Waals surface area contributed by atoms with Gasteiger partial charge in [0.1, 0.15) is 0 Å². The SMILES string of the molecule is C=CCC(c1ccc(-c2ccc(CCC)cn2)cc1)C1CCC(CCCCC)CC1. The van der Waals surface area contributed by atoms with Gasteiger partial charge in [0.05, 0.1) is 5.69 Å². The van der Waals surface area contributed by atoms with Gasteiger partial charge in [0, 0.05) is 11.8 Å². The molecule has 1 aromatic carbocycles. The van der Waals surface area contributed by atoms with Crippen LogP contribution < -0.4 is 0 Å². The minimum absolute atomic E-state index is 0.619. The molecule has 0 spiro atoms. The van der Waals surface area contributed by atoms with Crippen LogP contribution in [0, 0.1) is 11.8 Å². The van der Waals surface area contributed by atoms with Crippen LogP contribution in [-0.2, 0) is 6.42 Å². The number of hydrogen-bond donors (Lipinski definition) is 0. The third-order valence-corrected chi connectivity index (χ3v) is 7.09. The predicted octanol–water partition coefficient (Wildman–Crippen LogP) is 8.75. The topological polar surface area (TPSA) is 12.9 Å². The number of hydrogen-bond acceptors (Lipinski definition) is 1. The molecule has 1 heteroatoms. The highest BCUT2D eigenvalue weighted by molar-refractivity contribution is 5.59. The van der Waals surface area contributed by atoms with E-state index < -0.39 is 0 Å². The second kappa shape index (κ2) is 12.1. The van der Waals surface area contributed by atoms with Gasteiger partial charge in [-0.05, 0) is 60.6 Å². The fourth-order valence-electron chi connectivity index (χ4n) is 5.28. The summed E-state index contributed by atoms with van der Waals surface area (Å²) in [5.41, 5.74) is 5.11. The van der Waals surface area contributed by atoms with E-state index in [1.165, 1.54) is 74.5 Å². The lowest BCUT2D eigenvalue weighted by Crippen LogP contribution is -2.20. The molecule has 0 aliphatic heterocycles. The maximum atomic E-state index is 4.69. The van der Waals surface area contributed by atoms with E-state index in [9.17, 15) is 0 Å². The van der Waals surface area contributed by atoms with Crippen molar-refractivity contribution in [2.45, 2.75) is 90.4 Å². The van der Waals surface area contributed by atoms with Crippen LogP contribution in [0.4, 0.5) is 0 Å². The van der Waals surface area contributed by atoms with Crippen LogP contribution in [0.5, 0.6) is 0 Å². The molecule has 1 nitrogen and oxygen atoms in total. The van der Waals surface area contributed by atoms with Gasteiger partial charge in [-0.25, -0.2) is 0 Å². The minimum Gasteiger partial charge on any atom is -0.256 e. The summed E-state index contributed by atoms with van der Waals surface area (Å²) < 4.78 is 0. The summed E-state index contributed by atoms with van der Waals surface area (Å²) >= 11 is 0. The molecule has 1 aromatic heterocycles. The van der Waals surface area contributed by atoms with E-state index in [0.717, 1.165) is 30.4 Å². The van der Waals surface area contributed by atoms with Crippen LogP contribution in [0.1, 0.15) is 95.1 Å². The number of aromatic nitrogens is 1. The molecule has 1 atom stereocenters. The summed E-state index contributed by atoms with van der Waals surface area (Å²) in [6.45, 7) is 8.58. The molecule has 0 bridgehead atoms. The van der Waals surface area contributed by atoms with E-state index >= 15 is 0 Å². The fraction of sp³-hybridized carbons (Fsp3) is 0.552. The second-order valence-corrected chi connectivity index (χ2v) is 9.33. The molecule has 162 valence electrons. The highest BCUT2D eigenvalue weighted by Crippen LogP contribution is 2.41. The first kappa shape index (κ1) is 22.8. The minimum atomic E-state index is 0.619. The maximum absolute atomic E-state index is 4.69. The first-order chi connectivity index (χ1) is 14.7. The van der Waals surface area contributed by atoms with Gasteiger partial charge in [0.2, 0.25) is 0 Å². The summed E-state index contributed by atoms with van der Waals surface area (Å²) in [5, 5.41) is 0. The average molecular weight is 404 g/mol. The number of rotatable bonds is 11.